The number of hydrogen-bond donors (Lipinski definition) is 1. The zero-order chi connectivity index (χ0) is 20.1. The van der Waals surface area contributed by atoms with Crippen molar-refractivity contribution < 1.29 is 14.2 Å². The van der Waals surface area contributed by atoms with E-state index in [2.05, 4.69) is 23.8 Å². The number of nitrogens with zero attached hydrogens (tertiary/aromatic N) is 3. The highest BCUT2D eigenvalue weighted by Crippen LogP contribution is 2.29. The number of aliphatic hydroxyl groups excluding tert-OH is 1. The van der Waals surface area contributed by atoms with Gasteiger partial charge in [-0.25, -0.2) is 9.07 Å². The van der Waals surface area contributed by atoms with E-state index < -0.39 is 0 Å². The van der Waals surface area contributed by atoms with Gasteiger partial charge < -0.3 is 9.84 Å². The fourth-order valence-corrected chi connectivity index (χ4v) is 3.15. The van der Waals surface area contributed by atoms with Crippen molar-refractivity contribution >= 4 is 0 Å². The SMILES string of the molecule is COc1ccc(-c2nn(-c3ccccc3)cc2CN(CCO)C(C)C)c(F)c1. The molecule has 0 saturated heterocycles. The smallest absolute Gasteiger partial charge is 0.136 e. The number of rotatable bonds is 8. The topological polar surface area (TPSA) is 50.5 Å². The molecule has 2 aromatic carbocycles. The Labute approximate surface area is 165 Å². The first kappa shape index (κ1) is 20.0. The summed E-state index contributed by atoms with van der Waals surface area (Å²) in [5.74, 6) is 0.0894. The molecule has 28 heavy (non-hydrogen) atoms. The number of ether oxygens (including phenoxy) is 1. The van der Waals surface area contributed by atoms with Crippen LogP contribution in [0.25, 0.3) is 16.9 Å². The van der Waals surface area contributed by atoms with Crippen molar-refractivity contribution in [2.45, 2.75) is 26.4 Å². The second-order valence-electron chi connectivity index (χ2n) is 6.92. The summed E-state index contributed by atoms with van der Waals surface area (Å²) in [5, 5.41) is 14.1. The molecule has 1 heterocycles. The van der Waals surface area contributed by atoms with Crippen molar-refractivity contribution in [1.82, 2.24) is 14.7 Å². The van der Waals surface area contributed by atoms with Crippen LogP contribution in [0.2, 0.25) is 0 Å². The van der Waals surface area contributed by atoms with E-state index in [9.17, 15) is 9.50 Å². The van der Waals surface area contributed by atoms with Crippen LogP contribution in [0.15, 0.2) is 54.7 Å². The number of aliphatic hydroxyl groups is 1. The van der Waals surface area contributed by atoms with Gasteiger partial charge in [0.25, 0.3) is 0 Å². The fourth-order valence-electron chi connectivity index (χ4n) is 3.15. The Morgan fingerprint density at radius 3 is 2.54 bits per heavy atom. The van der Waals surface area contributed by atoms with Crippen molar-refractivity contribution in [3.8, 4) is 22.7 Å². The second-order valence-corrected chi connectivity index (χ2v) is 6.92. The van der Waals surface area contributed by atoms with Crippen LogP contribution >= 0.6 is 0 Å². The lowest BCUT2D eigenvalue weighted by molar-refractivity contribution is 0.159. The van der Waals surface area contributed by atoms with Gasteiger partial charge in [-0.15, -0.1) is 0 Å². The molecule has 0 saturated carbocycles. The minimum atomic E-state index is -0.378. The molecule has 0 unspecified atom stereocenters. The lowest BCUT2D eigenvalue weighted by Crippen LogP contribution is -2.32. The van der Waals surface area contributed by atoms with Crippen LogP contribution in [-0.4, -0.2) is 46.1 Å². The van der Waals surface area contributed by atoms with Crippen molar-refractivity contribution in [1.29, 1.82) is 0 Å². The van der Waals surface area contributed by atoms with Crippen LogP contribution in [0, 0.1) is 5.82 Å². The van der Waals surface area contributed by atoms with E-state index in [0.29, 0.717) is 30.1 Å². The Morgan fingerprint density at radius 2 is 1.93 bits per heavy atom. The van der Waals surface area contributed by atoms with Gasteiger partial charge in [0, 0.05) is 42.5 Å². The van der Waals surface area contributed by atoms with Crippen molar-refractivity contribution in [2.24, 2.45) is 0 Å². The number of halogens is 1. The zero-order valence-electron chi connectivity index (χ0n) is 16.5. The third kappa shape index (κ3) is 4.40. The number of methoxy groups -OCH3 is 1. The molecule has 3 rings (SSSR count). The monoisotopic (exact) mass is 383 g/mol. The van der Waals surface area contributed by atoms with Gasteiger partial charge in [0.15, 0.2) is 0 Å². The van der Waals surface area contributed by atoms with Gasteiger partial charge in [-0.2, -0.15) is 5.10 Å². The third-order valence-electron chi connectivity index (χ3n) is 4.73. The first-order chi connectivity index (χ1) is 13.5. The molecule has 0 spiro atoms. The minimum Gasteiger partial charge on any atom is -0.497 e. The highest BCUT2D eigenvalue weighted by Gasteiger charge is 2.19. The van der Waals surface area contributed by atoms with Crippen LogP contribution in [0.3, 0.4) is 0 Å². The standard InChI is InChI=1S/C22H26FN3O2/c1-16(2)25(11-12-27)14-17-15-26(18-7-5-4-6-8-18)24-22(17)20-10-9-19(28-3)13-21(20)23/h4-10,13,15-16,27H,11-12,14H2,1-3H3. The lowest BCUT2D eigenvalue weighted by atomic mass is 10.1. The maximum absolute atomic E-state index is 14.8. The van der Waals surface area contributed by atoms with E-state index in [1.807, 2.05) is 36.5 Å². The van der Waals surface area contributed by atoms with E-state index >= 15 is 0 Å². The van der Waals surface area contributed by atoms with Gasteiger partial charge in [0.1, 0.15) is 17.3 Å². The zero-order valence-corrected chi connectivity index (χ0v) is 16.5. The molecule has 148 valence electrons. The highest BCUT2D eigenvalue weighted by atomic mass is 19.1. The maximum Gasteiger partial charge on any atom is 0.136 e. The van der Waals surface area contributed by atoms with Gasteiger partial charge in [0.2, 0.25) is 0 Å². The Balaban J connectivity index is 2.07. The molecule has 0 atom stereocenters. The molecular weight excluding hydrogens is 357 g/mol. The normalized spacial score (nSPS) is 11.4. The van der Waals surface area contributed by atoms with Gasteiger partial charge in [-0.05, 0) is 38.1 Å². The summed E-state index contributed by atoms with van der Waals surface area (Å²) < 4.78 is 21.7. The average Bonchev–Trinajstić information content (AvgIpc) is 3.11. The van der Waals surface area contributed by atoms with Gasteiger partial charge >= 0.3 is 0 Å². The number of aromatic nitrogens is 2. The summed E-state index contributed by atoms with van der Waals surface area (Å²) >= 11 is 0. The lowest BCUT2D eigenvalue weighted by Gasteiger charge is -2.25. The molecule has 0 amide bonds. The van der Waals surface area contributed by atoms with Crippen LogP contribution < -0.4 is 4.74 Å². The van der Waals surface area contributed by atoms with E-state index in [1.165, 1.54) is 13.2 Å². The second kappa shape index (κ2) is 8.99. The van der Waals surface area contributed by atoms with E-state index in [4.69, 9.17) is 4.74 Å². The summed E-state index contributed by atoms with van der Waals surface area (Å²) in [6.45, 7) is 5.32. The van der Waals surface area contributed by atoms with E-state index in [-0.39, 0.29) is 18.5 Å². The quantitative estimate of drug-likeness (QED) is 0.641. The molecule has 0 aliphatic rings. The molecule has 0 radical (unpaired) electrons. The van der Waals surface area contributed by atoms with Crippen LogP contribution in [0.5, 0.6) is 5.75 Å². The average molecular weight is 383 g/mol. The molecule has 1 aromatic heterocycles. The first-order valence-electron chi connectivity index (χ1n) is 9.36. The summed E-state index contributed by atoms with van der Waals surface area (Å²) in [5.41, 5.74) is 2.82. The number of benzene rings is 2. The molecular formula is C22H26FN3O2. The van der Waals surface area contributed by atoms with Crippen molar-refractivity contribution in [2.75, 3.05) is 20.3 Å². The molecule has 5 nitrogen and oxygen atoms in total. The molecule has 0 aliphatic carbocycles. The third-order valence-corrected chi connectivity index (χ3v) is 4.73. The summed E-state index contributed by atoms with van der Waals surface area (Å²) in [6, 6.07) is 14.8. The summed E-state index contributed by atoms with van der Waals surface area (Å²) in [4.78, 5) is 2.14. The van der Waals surface area contributed by atoms with Crippen molar-refractivity contribution in [3.05, 3.63) is 66.1 Å². The van der Waals surface area contributed by atoms with Gasteiger partial charge in [-0.3, -0.25) is 4.90 Å². The minimum absolute atomic E-state index is 0.0667. The van der Waals surface area contributed by atoms with Crippen LogP contribution in [-0.2, 0) is 6.54 Å². The molecule has 3 aromatic rings. The Bertz CT molecular complexity index is 909. The highest BCUT2D eigenvalue weighted by molar-refractivity contribution is 5.65. The first-order valence-corrected chi connectivity index (χ1v) is 9.36. The Morgan fingerprint density at radius 1 is 1.18 bits per heavy atom. The van der Waals surface area contributed by atoms with Crippen LogP contribution in [0.4, 0.5) is 4.39 Å². The fraction of sp³-hybridized carbons (Fsp3) is 0.318. The maximum atomic E-state index is 14.8. The molecule has 1 N–H and O–H groups in total. The summed E-state index contributed by atoms with van der Waals surface area (Å²) in [6.07, 6.45) is 1.93. The van der Waals surface area contributed by atoms with Gasteiger partial charge in [-0.1, -0.05) is 18.2 Å². The van der Waals surface area contributed by atoms with E-state index in [0.717, 1.165) is 11.3 Å². The number of hydrogen-bond acceptors (Lipinski definition) is 4. The Kier molecular flexibility index (Phi) is 6.44. The van der Waals surface area contributed by atoms with E-state index in [1.54, 1.807) is 16.8 Å². The Hall–Kier alpha value is -2.70. The molecule has 0 fully saturated rings. The predicted octanol–water partition coefficient (Wildman–Crippen LogP) is 3.89. The molecule has 6 heteroatoms. The number of para-hydroxylation sites is 1. The van der Waals surface area contributed by atoms with Crippen LogP contribution in [0.1, 0.15) is 19.4 Å². The summed E-state index contributed by atoms with van der Waals surface area (Å²) in [7, 11) is 1.51. The predicted molar refractivity (Wildman–Crippen MR) is 108 cm³/mol. The molecule has 0 bridgehead atoms. The van der Waals surface area contributed by atoms with Gasteiger partial charge in [0.05, 0.1) is 19.4 Å². The van der Waals surface area contributed by atoms with Crippen molar-refractivity contribution in [3.63, 3.8) is 0 Å². The molecule has 0 aliphatic heterocycles. The largest absolute Gasteiger partial charge is 0.497 e.